The Morgan fingerprint density at radius 2 is 2.33 bits per heavy atom. The minimum absolute atomic E-state index is 0.675. The molecular weight excluding hydrogens is 212 g/mol. The zero-order valence-corrected chi connectivity index (χ0v) is 9.33. The lowest BCUT2D eigenvalue weighted by Gasteiger charge is -1.94. The van der Waals surface area contributed by atoms with Crippen LogP contribution in [0.3, 0.4) is 0 Å². The molecule has 0 aliphatic rings. The molecule has 2 heterocycles. The first kappa shape index (κ1) is 10.4. The molecule has 4 nitrogen and oxygen atoms in total. The number of aromatic nitrogens is 3. The number of hydrogen-bond acceptors (Lipinski definition) is 3. The molecule has 5 heteroatoms. The van der Waals surface area contributed by atoms with Gasteiger partial charge in [0, 0.05) is 12.6 Å². The highest BCUT2D eigenvalue weighted by Crippen LogP contribution is 2.10. The number of aryl methyl sites for hydroxylation is 1. The van der Waals surface area contributed by atoms with E-state index in [1.165, 1.54) is 0 Å². The molecule has 2 aromatic heterocycles. The molecule has 2 aromatic rings. The molecule has 0 aromatic carbocycles. The molecule has 1 N–H and O–H groups in total. The van der Waals surface area contributed by atoms with E-state index in [0.717, 1.165) is 30.9 Å². The first-order valence-electron chi connectivity index (χ1n) is 4.95. The van der Waals surface area contributed by atoms with E-state index in [-0.39, 0.29) is 0 Å². The zero-order chi connectivity index (χ0) is 10.7. The lowest BCUT2D eigenvalue weighted by molar-refractivity contribution is 0.701. The Morgan fingerprint density at radius 1 is 1.47 bits per heavy atom. The van der Waals surface area contributed by atoms with Crippen molar-refractivity contribution in [2.24, 2.45) is 0 Å². The number of rotatable bonds is 4. The van der Waals surface area contributed by atoms with Crippen LogP contribution in [-0.4, -0.2) is 28.2 Å². The summed E-state index contributed by atoms with van der Waals surface area (Å²) in [4.78, 5) is 4.39. The summed E-state index contributed by atoms with van der Waals surface area (Å²) in [7, 11) is 1.94. The van der Waals surface area contributed by atoms with Crippen molar-refractivity contribution in [3.05, 3.63) is 29.2 Å². The molecule has 2 rings (SSSR count). The van der Waals surface area contributed by atoms with Gasteiger partial charge in [0.2, 0.25) is 0 Å². The van der Waals surface area contributed by atoms with E-state index in [0.29, 0.717) is 5.02 Å². The van der Waals surface area contributed by atoms with Crippen LogP contribution in [0.4, 0.5) is 0 Å². The van der Waals surface area contributed by atoms with Crippen LogP contribution in [0.15, 0.2) is 18.3 Å². The summed E-state index contributed by atoms with van der Waals surface area (Å²) in [6.45, 7) is 0.982. The SMILES string of the molecule is CNCCCc1nc2ccc(Cl)cn2n1. The fourth-order valence-corrected chi connectivity index (χ4v) is 1.59. The first-order valence-corrected chi connectivity index (χ1v) is 5.33. The van der Waals surface area contributed by atoms with Crippen molar-refractivity contribution < 1.29 is 0 Å². The van der Waals surface area contributed by atoms with Gasteiger partial charge in [-0.2, -0.15) is 5.10 Å². The maximum absolute atomic E-state index is 5.86. The molecule has 0 amide bonds. The molecule has 80 valence electrons. The normalized spacial score (nSPS) is 11.1. The van der Waals surface area contributed by atoms with Crippen molar-refractivity contribution in [3.8, 4) is 0 Å². The van der Waals surface area contributed by atoms with Crippen molar-refractivity contribution in [2.45, 2.75) is 12.8 Å². The van der Waals surface area contributed by atoms with E-state index < -0.39 is 0 Å². The summed E-state index contributed by atoms with van der Waals surface area (Å²) in [5.41, 5.74) is 0.846. The summed E-state index contributed by atoms with van der Waals surface area (Å²) in [6.07, 6.45) is 3.70. The van der Waals surface area contributed by atoms with Crippen molar-refractivity contribution in [2.75, 3.05) is 13.6 Å². The lowest BCUT2D eigenvalue weighted by atomic mass is 10.3. The van der Waals surface area contributed by atoms with Gasteiger partial charge in [0.1, 0.15) is 0 Å². The van der Waals surface area contributed by atoms with Gasteiger partial charge in [0.05, 0.1) is 5.02 Å². The highest BCUT2D eigenvalue weighted by molar-refractivity contribution is 6.30. The number of halogens is 1. The largest absolute Gasteiger partial charge is 0.320 e. The Hall–Kier alpha value is -1.13. The molecule has 0 saturated carbocycles. The third-order valence-electron chi connectivity index (χ3n) is 2.17. The minimum Gasteiger partial charge on any atom is -0.320 e. The monoisotopic (exact) mass is 224 g/mol. The summed E-state index contributed by atoms with van der Waals surface area (Å²) < 4.78 is 1.72. The summed E-state index contributed by atoms with van der Waals surface area (Å²) >= 11 is 5.86. The molecule has 0 aliphatic heterocycles. The zero-order valence-electron chi connectivity index (χ0n) is 8.57. The van der Waals surface area contributed by atoms with Crippen molar-refractivity contribution in [1.29, 1.82) is 0 Å². The van der Waals surface area contributed by atoms with Gasteiger partial charge < -0.3 is 5.32 Å². The van der Waals surface area contributed by atoms with Crippen LogP contribution in [0.25, 0.3) is 5.65 Å². The fourth-order valence-electron chi connectivity index (χ4n) is 1.43. The van der Waals surface area contributed by atoms with E-state index >= 15 is 0 Å². The Labute approximate surface area is 93.3 Å². The van der Waals surface area contributed by atoms with Crippen LogP contribution in [0.1, 0.15) is 12.2 Å². The van der Waals surface area contributed by atoms with Crippen LogP contribution in [0, 0.1) is 0 Å². The smallest absolute Gasteiger partial charge is 0.155 e. The molecule has 0 saturated heterocycles. The molecular formula is C10H13ClN4. The van der Waals surface area contributed by atoms with Gasteiger partial charge >= 0.3 is 0 Å². The summed E-state index contributed by atoms with van der Waals surface area (Å²) in [6, 6.07) is 3.69. The number of pyridine rings is 1. The molecule has 0 aliphatic carbocycles. The van der Waals surface area contributed by atoms with Gasteiger partial charge in [0.15, 0.2) is 11.5 Å². The van der Waals surface area contributed by atoms with Gasteiger partial charge in [-0.3, -0.25) is 0 Å². The molecule has 15 heavy (non-hydrogen) atoms. The quantitative estimate of drug-likeness (QED) is 0.802. The Bertz CT molecular complexity index is 452. The maximum Gasteiger partial charge on any atom is 0.155 e. The third kappa shape index (κ3) is 2.46. The van der Waals surface area contributed by atoms with E-state index in [1.54, 1.807) is 10.7 Å². The number of nitrogens with one attached hydrogen (secondary N) is 1. The predicted octanol–water partition coefficient (Wildman–Crippen LogP) is 1.53. The second kappa shape index (κ2) is 4.59. The second-order valence-electron chi connectivity index (χ2n) is 3.39. The molecule has 0 radical (unpaired) electrons. The van der Waals surface area contributed by atoms with Gasteiger partial charge in [-0.1, -0.05) is 11.6 Å². The van der Waals surface area contributed by atoms with Crippen molar-refractivity contribution in [1.82, 2.24) is 19.9 Å². The van der Waals surface area contributed by atoms with E-state index in [2.05, 4.69) is 15.4 Å². The molecule has 0 fully saturated rings. The van der Waals surface area contributed by atoms with Gasteiger partial charge in [0.25, 0.3) is 0 Å². The van der Waals surface area contributed by atoms with Crippen LogP contribution in [0.5, 0.6) is 0 Å². The number of fused-ring (bicyclic) bond motifs is 1. The fraction of sp³-hybridized carbons (Fsp3) is 0.400. The minimum atomic E-state index is 0.675. The topological polar surface area (TPSA) is 42.2 Å². The van der Waals surface area contributed by atoms with Crippen molar-refractivity contribution in [3.63, 3.8) is 0 Å². The lowest BCUT2D eigenvalue weighted by Crippen LogP contribution is -2.08. The van der Waals surface area contributed by atoms with Gasteiger partial charge in [-0.25, -0.2) is 9.50 Å². The van der Waals surface area contributed by atoms with E-state index in [9.17, 15) is 0 Å². The Kier molecular flexibility index (Phi) is 3.18. The van der Waals surface area contributed by atoms with E-state index in [4.69, 9.17) is 11.6 Å². The Balaban J connectivity index is 2.16. The summed E-state index contributed by atoms with van der Waals surface area (Å²) in [5.74, 6) is 0.868. The highest BCUT2D eigenvalue weighted by atomic mass is 35.5. The van der Waals surface area contributed by atoms with Crippen LogP contribution in [-0.2, 0) is 6.42 Å². The third-order valence-corrected chi connectivity index (χ3v) is 2.39. The van der Waals surface area contributed by atoms with Crippen LogP contribution >= 0.6 is 11.6 Å². The second-order valence-corrected chi connectivity index (χ2v) is 3.82. The van der Waals surface area contributed by atoms with Crippen LogP contribution < -0.4 is 5.32 Å². The first-order chi connectivity index (χ1) is 7.29. The van der Waals surface area contributed by atoms with Crippen LogP contribution in [0.2, 0.25) is 5.02 Å². The molecule has 0 spiro atoms. The average Bonchev–Trinajstić information content (AvgIpc) is 2.60. The van der Waals surface area contributed by atoms with Gasteiger partial charge in [-0.05, 0) is 32.1 Å². The van der Waals surface area contributed by atoms with E-state index in [1.807, 2.05) is 19.2 Å². The summed E-state index contributed by atoms with van der Waals surface area (Å²) in [5, 5.41) is 8.11. The Morgan fingerprint density at radius 3 is 3.13 bits per heavy atom. The standard InChI is InChI=1S/C10H13ClN4/c1-12-6-2-3-9-13-10-5-4-8(11)7-15(10)14-9/h4-5,7,12H,2-3,6H2,1H3. The molecule has 0 atom stereocenters. The highest BCUT2D eigenvalue weighted by Gasteiger charge is 2.02. The number of hydrogen-bond donors (Lipinski definition) is 1. The average molecular weight is 225 g/mol. The molecule has 0 bridgehead atoms. The maximum atomic E-state index is 5.86. The van der Waals surface area contributed by atoms with Crippen molar-refractivity contribution >= 4 is 17.2 Å². The number of nitrogens with zero attached hydrogens (tertiary/aromatic N) is 3. The predicted molar refractivity (Wildman–Crippen MR) is 60.2 cm³/mol. The molecule has 0 unspecified atom stereocenters. The van der Waals surface area contributed by atoms with Gasteiger partial charge in [-0.15, -0.1) is 0 Å².